The first-order valence-corrected chi connectivity index (χ1v) is 6.37. The van der Waals surface area contributed by atoms with Crippen molar-refractivity contribution in [1.82, 2.24) is 5.32 Å². The van der Waals surface area contributed by atoms with Crippen molar-refractivity contribution < 1.29 is 0 Å². The predicted molar refractivity (Wildman–Crippen MR) is 69.0 cm³/mol. The van der Waals surface area contributed by atoms with Crippen LogP contribution in [0.3, 0.4) is 0 Å². The molecule has 1 unspecified atom stereocenters. The maximum absolute atomic E-state index is 6.08. The molecule has 0 fully saturated rings. The van der Waals surface area contributed by atoms with Gasteiger partial charge in [-0.05, 0) is 45.6 Å². The average Bonchev–Trinajstić information content (AvgIpc) is 2.00. The van der Waals surface area contributed by atoms with Crippen molar-refractivity contribution in [2.75, 3.05) is 6.54 Å². The Morgan fingerprint density at radius 2 is 1.87 bits per heavy atom. The van der Waals surface area contributed by atoms with Crippen molar-refractivity contribution in [2.24, 2.45) is 11.7 Å². The fraction of sp³-hybridized carbons (Fsp3) is 1.00. The summed E-state index contributed by atoms with van der Waals surface area (Å²) in [5, 5.41) is 3.63. The Morgan fingerprint density at radius 3 is 2.27 bits per heavy atom. The quantitative estimate of drug-likeness (QED) is 0.610. The van der Waals surface area contributed by atoms with E-state index in [1.54, 1.807) is 0 Å². The lowest BCUT2D eigenvalue weighted by Crippen LogP contribution is -2.42. The lowest BCUT2D eigenvalue weighted by atomic mass is 9.91. The second-order valence-corrected chi connectivity index (χ2v) is 5.83. The Kier molecular flexibility index (Phi) is 7.20. The molecule has 1 atom stereocenters. The van der Waals surface area contributed by atoms with Gasteiger partial charge < -0.3 is 11.1 Å². The summed E-state index contributed by atoms with van der Waals surface area (Å²) in [6, 6.07) is 0.580. The van der Waals surface area contributed by atoms with E-state index in [0.717, 1.165) is 18.9 Å². The van der Waals surface area contributed by atoms with Gasteiger partial charge in [0.1, 0.15) is 0 Å². The zero-order valence-corrected chi connectivity index (χ0v) is 11.3. The molecule has 0 heterocycles. The molecule has 0 saturated heterocycles. The molecule has 2 heteroatoms. The topological polar surface area (TPSA) is 38.0 Å². The molecule has 0 aromatic rings. The fourth-order valence-electron chi connectivity index (χ4n) is 1.93. The normalized spacial score (nSPS) is 14.6. The van der Waals surface area contributed by atoms with Crippen LogP contribution in [-0.2, 0) is 0 Å². The van der Waals surface area contributed by atoms with Gasteiger partial charge in [0.2, 0.25) is 0 Å². The van der Waals surface area contributed by atoms with Crippen LogP contribution in [0.4, 0.5) is 0 Å². The Bertz CT molecular complexity index is 147. The molecular weight excluding hydrogens is 184 g/mol. The van der Waals surface area contributed by atoms with Gasteiger partial charge in [-0.15, -0.1) is 0 Å². The molecule has 0 bridgehead atoms. The molecule has 0 aliphatic rings. The van der Waals surface area contributed by atoms with Crippen molar-refractivity contribution in [3.8, 4) is 0 Å². The van der Waals surface area contributed by atoms with Gasteiger partial charge in [0.15, 0.2) is 0 Å². The molecule has 0 amide bonds. The summed E-state index contributed by atoms with van der Waals surface area (Å²) < 4.78 is 0. The molecule has 0 saturated carbocycles. The fourth-order valence-corrected chi connectivity index (χ4v) is 1.93. The van der Waals surface area contributed by atoms with E-state index in [1.165, 1.54) is 19.3 Å². The second-order valence-electron chi connectivity index (χ2n) is 5.83. The maximum Gasteiger partial charge on any atom is 0.0112 e. The Balaban J connectivity index is 3.95. The third-order valence-corrected chi connectivity index (χ3v) is 2.49. The molecule has 0 aliphatic carbocycles. The molecular formula is C13H30N2. The molecule has 2 nitrogen and oxygen atoms in total. The monoisotopic (exact) mass is 214 g/mol. The molecule has 0 spiro atoms. The van der Waals surface area contributed by atoms with Gasteiger partial charge >= 0.3 is 0 Å². The molecule has 3 N–H and O–H groups in total. The highest BCUT2D eigenvalue weighted by molar-refractivity contribution is 4.81. The van der Waals surface area contributed by atoms with Crippen LogP contribution in [0.5, 0.6) is 0 Å². The van der Waals surface area contributed by atoms with Crippen molar-refractivity contribution in [3.63, 3.8) is 0 Å². The van der Waals surface area contributed by atoms with E-state index >= 15 is 0 Å². The Morgan fingerprint density at radius 1 is 1.27 bits per heavy atom. The van der Waals surface area contributed by atoms with Crippen LogP contribution in [0.15, 0.2) is 0 Å². The van der Waals surface area contributed by atoms with Crippen molar-refractivity contribution >= 4 is 0 Å². The third kappa shape index (κ3) is 10.2. The van der Waals surface area contributed by atoms with E-state index in [2.05, 4.69) is 39.9 Å². The van der Waals surface area contributed by atoms with E-state index in [4.69, 9.17) is 5.73 Å². The first kappa shape index (κ1) is 14.9. The lowest BCUT2D eigenvalue weighted by molar-refractivity contribution is 0.329. The number of hydrogen-bond acceptors (Lipinski definition) is 2. The first-order chi connectivity index (χ1) is 6.85. The van der Waals surface area contributed by atoms with Crippen molar-refractivity contribution in [2.45, 2.75) is 71.9 Å². The number of unbranched alkanes of at least 4 members (excludes halogenated alkanes) is 1. The van der Waals surface area contributed by atoms with E-state index < -0.39 is 0 Å². The SMILES string of the molecule is CCCCNC(CC(C)C)CC(C)(C)N. The van der Waals surface area contributed by atoms with Crippen LogP contribution in [0.2, 0.25) is 0 Å². The predicted octanol–water partition coefficient (Wildman–Crippen LogP) is 2.92. The molecule has 0 aromatic carbocycles. The molecule has 92 valence electrons. The van der Waals surface area contributed by atoms with Crippen LogP contribution in [0.1, 0.15) is 60.3 Å². The highest BCUT2D eigenvalue weighted by atomic mass is 14.9. The van der Waals surface area contributed by atoms with Gasteiger partial charge in [-0.2, -0.15) is 0 Å². The van der Waals surface area contributed by atoms with E-state index in [9.17, 15) is 0 Å². The molecule has 0 aromatic heterocycles. The summed E-state index contributed by atoms with van der Waals surface area (Å²) in [4.78, 5) is 0. The van der Waals surface area contributed by atoms with E-state index in [0.29, 0.717) is 6.04 Å². The zero-order valence-electron chi connectivity index (χ0n) is 11.3. The minimum atomic E-state index is -0.0568. The maximum atomic E-state index is 6.08. The second kappa shape index (κ2) is 7.24. The van der Waals surface area contributed by atoms with Crippen LogP contribution in [0.25, 0.3) is 0 Å². The van der Waals surface area contributed by atoms with Crippen molar-refractivity contribution in [3.05, 3.63) is 0 Å². The Hall–Kier alpha value is -0.0800. The summed E-state index contributed by atoms with van der Waals surface area (Å²) >= 11 is 0. The van der Waals surface area contributed by atoms with Gasteiger partial charge in [0, 0.05) is 11.6 Å². The van der Waals surface area contributed by atoms with Gasteiger partial charge in [-0.1, -0.05) is 27.2 Å². The average molecular weight is 214 g/mol. The summed E-state index contributed by atoms with van der Waals surface area (Å²) in [7, 11) is 0. The number of nitrogens with one attached hydrogen (secondary N) is 1. The number of rotatable bonds is 8. The van der Waals surface area contributed by atoms with Gasteiger partial charge in [0.25, 0.3) is 0 Å². The van der Waals surface area contributed by atoms with E-state index in [1.807, 2.05) is 0 Å². The standard InChI is InChI=1S/C13H30N2/c1-6-7-8-15-12(9-11(2)3)10-13(4,5)14/h11-12,15H,6-10,14H2,1-5H3. The highest BCUT2D eigenvalue weighted by Gasteiger charge is 2.19. The minimum Gasteiger partial charge on any atom is -0.326 e. The zero-order chi connectivity index (χ0) is 11.9. The van der Waals surface area contributed by atoms with Crippen LogP contribution in [0, 0.1) is 5.92 Å². The summed E-state index contributed by atoms with van der Waals surface area (Å²) in [6.45, 7) is 12.1. The van der Waals surface area contributed by atoms with Gasteiger partial charge in [0.05, 0.1) is 0 Å². The molecule has 15 heavy (non-hydrogen) atoms. The molecule has 0 aliphatic heterocycles. The van der Waals surface area contributed by atoms with Crippen molar-refractivity contribution in [1.29, 1.82) is 0 Å². The number of nitrogens with two attached hydrogens (primary N) is 1. The number of hydrogen-bond donors (Lipinski definition) is 2. The van der Waals surface area contributed by atoms with E-state index in [-0.39, 0.29) is 5.54 Å². The largest absolute Gasteiger partial charge is 0.326 e. The summed E-state index contributed by atoms with van der Waals surface area (Å²) in [6.07, 6.45) is 4.81. The minimum absolute atomic E-state index is 0.0568. The summed E-state index contributed by atoms with van der Waals surface area (Å²) in [5.41, 5.74) is 6.02. The third-order valence-electron chi connectivity index (χ3n) is 2.49. The molecule has 0 rings (SSSR count). The smallest absolute Gasteiger partial charge is 0.0112 e. The molecule has 0 radical (unpaired) electrons. The van der Waals surface area contributed by atoms with Gasteiger partial charge in [-0.3, -0.25) is 0 Å². The highest BCUT2D eigenvalue weighted by Crippen LogP contribution is 2.14. The summed E-state index contributed by atoms with van der Waals surface area (Å²) in [5.74, 6) is 0.742. The van der Waals surface area contributed by atoms with Gasteiger partial charge in [-0.25, -0.2) is 0 Å². The lowest BCUT2D eigenvalue weighted by Gasteiger charge is -2.28. The first-order valence-electron chi connectivity index (χ1n) is 6.37. The van der Waals surface area contributed by atoms with Crippen LogP contribution < -0.4 is 11.1 Å². The Labute approximate surface area is 96.0 Å². The van der Waals surface area contributed by atoms with Crippen LogP contribution >= 0.6 is 0 Å². The van der Waals surface area contributed by atoms with Crippen LogP contribution in [-0.4, -0.2) is 18.1 Å².